The first-order valence-corrected chi connectivity index (χ1v) is 34.0. The fourth-order valence-corrected chi connectivity index (χ4v) is 12.5. The van der Waals surface area contributed by atoms with Gasteiger partial charge >= 0.3 is 0 Å². The maximum atomic E-state index is 14.9. The molecule has 0 radical (unpaired) electrons. The van der Waals surface area contributed by atoms with Crippen molar-refractivity contribution in [2.24, 2.45) is 23.1 Å². The van der Waals surface area contributed by atoms with Gasteiger partial charge in [0.05, 0.1) is 19.4 Å². The number of carbonyl (C=O) groups is 14. The maximum absolute atomic E-state index is 14.9. The zero-order valence-corrected chi connectivity index (χ0v) is 55.9. The molecule has 0 bridgehead atoms. The Morgan fingerprint density at radius 2 is 1.19 bits per heavy atom. The number of primary amides is 3. The van der Waals surface area contributed by atoms with Crippen LogP contribution < -0.4 is 75.7 Å². The number of hydrogen-bond donors (Lipinski definition) is 17. The Morgan fingerprint density at radius 1 is 0.643 bits per heavy atom. The average Bonchev–Trinajstić information content (AvgIpc) is 1.63. The summed E-state index contributed by atoms with van der Waals surface area (Å²) in [5.74, 6) is -13.1. The second kappa shape index (κ2) is 39.7. The van der Waals surface area contributed by atoms with Gasteiger partial charge in [0.1, 0.15) is 66.2 Å². The van der Waals surface area contributed by atoms with Crippen LogP contribution in [0.5, 0.6) is 5.75 Å². The van der Waals surface area contributed by atoms with E-state index in [9.17, 15) is 77.3 Å². The van der Waals surface area contributed by atoms with Crippen LogP contribution in [0.15, 0.2) is 85.1 Å². The molecule has 1 unspecified atom stereocenters. The first kappa shape index (κ1) is 78.5. The highest BCUT2D eigenvalue weighted by Gasteiger charge is 2.38. The van der Waals surface area contributed by atoms with E-state index in [1.165, 1.54) is 24.3 Å². The number of H-pyrrole nitrogens is 1. The molecule has 0 spiro atoms. The smallest absolute Gasteiger partial charge is 0.245 e. The molecule has 33 heteroatoms. The number of aromatic nitrogens is 1. The van der Waals surface area contributed by atoms with Gasteiger partial charge in [-0.25, -0.2) is 0 Å². The Labute approximate surface area is 572 Å². The molecule has 31 nitrogen and oxygen atoms in total. The number of fused-ring (bicyclic) bond motifs is 1. The van der Waals surface area contributed by atoms with Crippen molar-refractivity contribution in [3.63, 3.8) is 0 Å². The minimum absolute atomic E-state index is 0.0637. The first-order valence-electron chi connectivity index (χ1n) is 31.5. The quantitative estimate of drug-likeness (QED) is 0.0191. The van der Waals surface area contributed by atoms with Crippen molar-refractivity contribution < 1.29 is 77.3 Å². The highest BCUT2D eigenvalue weighted by molar-refractivity contribution is 8.76. The summed E-state index contributed by atoms with van der Waals surface area (Å²) in [4.78, 5) is 197. The summed E-state index contributed by atoms with van der Waals surface area (Å²) in [6.07, 6.45) is 4.34. The number of unbranched alkanes of at least 4 members (excludes halogenated alkanes) is 1. The molecule has 1 aromatic heterocycles. The third-order valence-corrected chi connectivity index (χ3v) is 18.1. The number of hydrogen-bond acceptors (Lipinski definition) is 18. The SMILES string of the molecule is C#CCC(=O)NCCCC[C@H]1NC(=O)[C@H](CC(N)=O)NC(=O)[C@@H](NC(C)=O)CSSC[C@@H](C(=O)N[C@@H](Cc2c[nH]c3ccccc23)C(N)=O)NC(=O)C([C@@H](C)CC)NC(=O)[C@@H](CCC(N)=O)NC(=O)[C@H](CO)NC(=O)[C@@H](Cc2ccccc2)NC(=O)[C@@H](Cc2ccc(O)cc2)NC1=O. The predicted molar refractivity (Wildman–Crippen MR) is 362 cm³/mol. The largest absolute Gasteiger partial charge is 0.508 e. The van der Waals surface area contributed by atoms with Crippen LogP contribution in [0.25, 0.3) is 10.9 Å². The molecule has 1 saturated heterocycles. The molecule has 98 heavy (non-hydrogen) atoms. The fraction of sp³-hybridized carbons (Fsp3) is 0.446. The highest BCUT2D eigenvalue weighted by atomic mass is 33.1. The van der Waals surface area contributed by atoms with E-state index in [0.29, 0.717) is 16.7 Å². The number of nitrogens with one attached hydrogen (secondary N) is 12. The number of amides is 14. The van der Waals surface area contributed by atoms with Gasteiger partial charge in [0.25, 0.3) is 0 Å². The number of terminal acetylenes is 1. The third kappa shape index (κ3) is 25.7. The number of aliphatic hydroxyl groups is 1. The Kier molecular flexibility index (Phi) is 31.8. The Balaban J connectivity index is 1.62. The third-order valence-electron chi connectivity index (χ3n) is 15.7. The molecule has 2 heterocycles. The van der Waals surface area contributed by atoms with Crippen LogP contribution in [0.1, 0.15) is 88.8 Å². The Hall–Kier alpha value is -10.2. The number of nitrogens with two attached hydrogens (primary N) is 3. The fourth-order valence-electron chi connectivity index (χ4n) is 10.1. The van der Waals surface area contributed by atoms with E-state index in [1.54, 1.807) is 74.6 Å². The van der Waals surface area contributed by atoms with Crippen LogP contribution in [0, 0.1) is 18.3 Å². The summed E-state index contributed by atoms with van der Waals surface area (Å²) in [6.45, 7) is 3.30. The van der Waals surface area contributed by atoms with E-state index in [-0.39, 0.29) is 75.2 Å². The van der Waals surface area contributed by atoms with Crippen LogP contribution in [-0.4, -0.2) is 183 Å². The lowest BCUT2D eigenvalue weighted by Gasteiger charge is -2.29. The summed E-state index contributed by atoms with van der Waals surface area (Å²) in [6, 6.07) is 4.48. The predicted octanol–water partition coefficient (Wildman–Crippen LogP) is -2.86. The molecule has 20 N–H and O–H groups in total. The van der Waals surface area contributed by atoms with Gasteiger partial charge in [-0.15, -0.1) is 6.42 Å². The molecule has 11 atom stereocenters. The number of carbonyl (C=O) groups excluding carboxylic acids is 14. The van der Waals surface area contributed by atoms with Crippen molar-refractivity contribution in [1.82, 2.24) is 63.5 Å². The van der Waals surface area contributed by atoms with Crippen molar-refractivity contribution in [2.45, 2.75) is 152 Å². The van der Waals surface area contributed by atoms with Crippen LogP contribution >= 0.6 is 21.6 Å². The van der Waals surface area contributed by atoms with Gasteiger partial charge in [-0.05, 0) is 66.5 Å². The second-order valence-electron chi connectivity index (χ2n) is 23.3. The first-order chi connectivity index (χ1) is 46.7. The molecule has 0 aliphatic carbocycles. The molecule has 1 aliphatic rings. The standard InChI is InChI=1S/C65H85N15O16S2/c1-5-14-54(86)69-26-13-12-19-43-57(88)75-47(28-38-20-22-40(83)23-21-38)59(90)76-46(27-37-15-8-7-9-16-37)60(91)78-49(32-81)62(93)73-44(24-25-52(66)84)58(89)80-55(35(3)6-2)65(96)79-51(64(95)74-45(56(68)87)29-39-31-70-42-18-11-10-17-41(39)42)34-98-97-33-50(71-36(4)82)63(94)77-48(30-53(67)85)61(92)72-43/h1,7-11,15-18,20-23,31,35,43-51,55,70,81,83H,6,12-14,19,24-30,32-34H2,2-4H3,(H2,66,84)(H2,67,85)(H2,68,87)(H,69,86)(H,71,82)(H,72,92)(H,73,93)(H,74,95)(H,75,88)(H,76,90)(H,77,94)(H,78,91)(H,79,96)(H,80,89)/t35-,43+,44+,45-,46+,47+,48-,49-,50-,51-,55?/m0/s1. The summed E-state index contributed by atoms with van der Waals surface area (Å²) in [5, 5.41) is 49.6. The molecule has 4 aromatic rings. The van der Waals surface area contributed by atoms with Crippen LogP contribution in [0.4, 0.5) is 0 Å². The summed E-state index contributed by atoms with van der Waals surface area (Å²) in [7, 11) is 1.76. The van der Waals surface area contributed by atoms with E-state index in [2.05, 4.69) is 69.4 Å². The zero-order chi connectivity index (χ0) is 72.0. The van der Waals surface area contributed by atoms with Crippen LogP contribution in [0.2, 0.25) is 0 Å². The molecule has 1 aliphatic heterocycles. The van der Waals surface area contributed by atoms with Crippen molar-refractivity contribution >= 4 is 115 Å². The number of aromatic hydroxyl groups is 1. The Bertz CT molecular complexity index is 3540. The Morgan fingerprint density at radius 3 is 1.80 bits per heavy atom. The monoisotopic (exact) mass is 1400 g/mol. The lowest BCUT2D eigenvalue weighted by molar-refractivity contribution is -0.137. The number of phenolic OH excluding ortho intramolecular Hbond substituents is 1. The van der Waals surface area contributed by atoms with Gasteiger partial charge in [0.15, 0.2) is 0 Å². The summed E-state index contributed by atoms with van der Waals surface area (Å²) >= 11 is 0. The molecule has 14 amide bonds. The number of aromatic amines is 1. The number of para-hydroxylation sites is 1. The molecule has 3 aromatic carbocycles. The maximum Gasteiger partial charge on any atom is 0.245 e. The van der Waals surface area contributed by atoms with Crippen molar-refractivity contribution in [1.29, 1.82) is 0 Å². The van der Waals surface area contributed by atoms with Crippen molar-refractivity contribution in [3.8, 4) is 18.1 Å². The molecule has 5 rings (SSSR count). The van der Waals surface area contributed by atoms with Gasteiger partial charge in [-0.2, -0.15) is 0 Å². The molecular weight excluding hydrogens is 1310 g/mol. The van der Waals surface area contributed by atoms with E-state index >= 15 is 0 Å². The lowest BCUT2D eigenvalue weighted by atomic mass is 9.97. The minimum atomic E-state index is -1.89. The minimum Gasteiger partial charge on any atom is -0.508 e. The van der Waals surface area contributed by atoms with E-state index in [0.717, 1.165) is 39.4 Å². The van der Waals surface area contributed by atoms with Crippen LogP contribution in [-0.2, 0) is 86.4 Å². The topological polar surface area (TPSA) is 506 Å². The van der Waals surface area contributed by atoms with E-state index in [1.807, 2.05) is 0 Å². The summed E-state index contributed by atoms with van der Waals surface area (Å²) < 4.78 is 0. The van der Waals surface area contributed by atoms with Gasteiger partial charge in [-0.1, -0.05) is 108 Å². The van der Waals surface area contributed by atoms with Gasteiger partial charge in [0.2, 0.25) is 82.7 Å². The number of aliphatic hydroxyl groups excluding tert-OH is 1. The van der Waals surface area contributed by atoms with Crippen LogP contribution in [0.3, 0.4) is 0 Å². The molecule has 528 valence electrons. The highest BCUT2D eigenvalue weighted by Crippen LogP contribution is 2.25. The lowest BCUT2D eigenvalue weighted by Crippen LogP contribution is -2.62. The number of rotatable bonds is 24. The molecular formula is C65H85N15O16S2. The number of benzene rings is 3. The van der Waals surface area contributed by atoms with E-state index in [4.69, 9.17) is 23.6 Å². The average molecular weight is 1400 g/mol. The summed E-state index contributed by atoms with van der Waals surface area (Å²) in [5.41, 5.74) is 19.1. The van der Waals surface area contributed by atoms with Crippen molar-refractivity contribution in [2.75, 3.05) is 24.7 Å². The van der Waals surface area contributed by atoms with E-state index < -0.39 is 175 Å². The van der Waals surface area contributed by atoms with Gasteiger partial charge in [-0.3, -0.25) is 67.1 Å². The number of phenols is 1. The molecule has 0 saturated carbocycles. The molecule has 1 fully saturated rings. The zero-order valence-electron chi connectivity index (χ0n) is 54.3. The van der Waals surface area contributed by atoms with Crippen molar-refractivity contribution in [3.05, 3.63) is 102 Å². The second-order valence-corrected chi connectivity index (χ2v) is 25.8. The van der Waals surface area contributed by atoms with Gasteiger partial charge in [0, 0.05) is 67.8 Å². The normalized spacial score (nSPS) is 22.1. The van der Waals surface area contributed by atoms with Gasteiger partial charge < -0.3 is 90.9 Å².